The Morgan fingerprint density at radius 1 is 0.524 bits per heavy atom. The number of rotatable bonds is 1. The quantitative estimate of drug-likeness (QED) is 0.189. The number of aromatic nitrogens is 1. The number of fused-ring (bicyclic) bond motifs is 12. The van der Waals surface area contributed by atoms with Crippen LogP contribution in [-0.2, 0) is 10.8 Å². The summed E-state index contributed by atoms with van der Waals surface area (Å²) in [7, 11) is 0. The second-order valence-electron chi connectivity index (χ2n) is 13.0. The number of thiophene rings is 1. The maximum absolute atomic E-state index is 2.48. The van der Waals surface area contributed by atoms with Crippen LogP contribution in [0.25, 0.3) is 69.6 Å². The highest BCUT2D eigenvalue weighted by Gasteiger charge is 2.47. The molecule has 2 heteroatoms. The van der Waals surface area contributed by atoms with Crippen LogP contribution >= 0.6 is 11.3 Å². The molecule has 0 amide bonds. The molecule has 6 aromatic carbocycles. The first-order valence-electron chi connectivity index (χ1n) is 14.9. The molecule has 1 aliphatic carbocycles. The van der Waals surface area contributed by atoms with Crippen LogP contribution < -0.4 is 0 Å². The molecule has 0 saturated heterocycles. The zero-order valence-electron chi connectivity index (χ0n) is 24.3. The Balaban J connectivity index is 1.38. The number of nitrogens with zero attached hydrogens (tertiary/aromatic N) is 1. The second kappa shape index (κ2) is 8.12. The molecule has 2 aromatic heterocycles. The minimum atomic E-state index is -0.1000. The predicted octanol–water partition coefficient (Wildman–Crippen LogP) is 11.5. The third-order valence-corrected chi connectivity index (χ3v) is 11.6. The Bertz CT molecular complexity index is 2360. The van der Waals surface area contributed by atoms with E-state index < -0.39 is 0 Å². The van der Waals surface area contributed by atoms with Crippen LogP contribution in [0.1, 0.15) is 38.8 Å². The number of hydrogen-bond donors (Lipinski definition) is 0. The van der Waals surface area contributed by atoms with Crippen molar-refractivity contribution < 1.29 is 0 Å². The first-order chi connectivity index (χ1) is 20.4. The van der Waals surface area contributed by atoms with E-state index >= 15 is 0 Å². The van der Waals surface area contributed by atoms with E-state index in [-0.39, 0.29) is 10.8 Å². The zero-order valence-corrected chi connectivity index (χ0v) is 25.1. The van der Waals surface area contributed by atoms with Gasteiger partial charge in [0.2, 0.25) is 0 Å². The minimum absolute atomic E-state index is 0.0980. The van der Waals surface area contributed by atoms with Crippen molar-refractivity contribution in [2.45, 2.75) is 38.5 Å². The van der Waals surface area contributed by atoms with Gasteiger partial charge < -0.3 is 4.57 Å². The molecule has 1 nitrogen and oxygen atoms in total. The average Bonchev–Trinajstić information content (AvgIpc) is 3.56. The molecule has 0 aliphatic heterocycles. The topological polar surface area (TPSA) is 4.93 Å². The molecule has 0 N–H and O–H groups in total. The molecular formula is C40H31NS. The lowest BCUT2D eigenvalue weighted by molar-refractivity contribution is 0.301. The summed E-state index contributed by atoms with van der Waals surface area (Å²) in [6, 6.07) is 43.0. The lowest BCUT2D eigenvalue weighted by Gasteiger charge is -2.49. The molecule has 0 radical (unpaired) electrons. The van der Waals surface area contributed by atoms with Gasteiger partial charge in [-0.25, -0.2) is 0 Å². The summed E-state index contributed by atoms with van der Waals surface area (Å²) in [6.45, 7) is 9.85. The van der Waals surface area contributed by atoms with Crippen molar-refractivity contribution in [2.75, 3.05) is 0 Å². The Kier molecular flexibility index (Phi) is 4.68. The van der Waals surface area contributed by atoms with Crippen molar-refractivity contribution in [1.29, 1.82) is 0 Å². The molecule has 0 fully saturated rings. The summed E-state index contributed by atoms with van der Waals surface area (Å²) in [5, 5.41) is 8.13. The van der Waals surface area contributed by atoms with Gasteiger partial charge in [-0.1, -0.05) is 107 Å². The molecule has 0 bridgehead atoms. The van der Waals surface area contributed by atoms with Crippen molar-refractivity contribution in [2.24, 2.45) is 0 Å². The third kappa shape index (κ3) is 2.93. The third-order valence-electron chi connectivity index (χ3n) is 10.5. The average molecular weight is 558 g/mol. The minimum Gasteiger partial charge on any atom is -0.309 e. The van der Waals surface area contributed by atoms with E-state index in [4.69, 9.17) is 0 Å². The molecule has 0 unspecified atom stereocenters. The Morgan fingerprint density at radius 3 is 1.86 bits per heavy atom. The van der Waals surface area contributed by atoms with Gasteiger partial charge in [-0.3, -0.25) is 0 Å². The Labute approximate surface area is 249 Å². The largest absolute Gasteiger partial charge is 0.309 e. The van der Waals surface area contributed by atoms with Gasteiger partial charge in [0.15, 0.2) is 0 Å². The van der Waals surface area contributed by atoms with Gasteiger partial charge in [0, 0.05) is 42.0 Å². The van der Waals surface area contributed by atoms with E-state index in [2.05, 4.69) is 148 Å². The number of hydrogen-bond acceptors (Lipinski definition) is 1. The van der Waals surface area contributed by atoms with Crippen molar-refractivity contribution >= 4 is 64.1 Å². The van der Waals surface area contributed by atoms with E-state index in [0.29, 0.717) is 0 Å². The van der Waals surface area contributed by atoms with E-state index in [0.717, 1.165) is 0 Å². The van der Waals surface area contributed by atoms with E-state index in [1.54, 1.807) is 0 Å². The van der Waals surface area contributed by atoms with Crippen LogP contribution in [0.2, 0.25) is 0 Å². The fraction of sp³-hybridized carbons (Fsp3) is 0.150. The smallest absolute Gasteiger partial charge is 0.0541 e. The first kappa shape index (κ1) is 24.2. The normalized spacial score (nSPS) is 15.5. The maximum atomic E-state index is 2.48. The molecule has 0 spiro atoms. The van der Waals surface area contributed by atoms with Crippen LogP contribution in [0.15, 0.2) is 115 Å². The first-order valence-corrected chi connectivity index (χ1v) is 15.7. The Hall–Kier alpha value is -4.40. The van der Waals surface area contributed by atoms with Gasteiger partial charge in [0.1, 0.15) is 0 Å². The van der Waals surface area contributed by atoms with E-state index in [1.807, 2.05) is 11.3 Å². The summed E-state index contributed by atoms with van der Waals surface area (Å²) >= 11 is 1.93. The van der Waals surface area contributed by atoms with E-state index in [9.17, 15) is 0 Å². The molecule has 2 heterocycles. The molecule has 8 aromatic rings. The van der Waals surface area contributed by atoms with Crippen LogP contribution in [0.3, 0.4) is 0 Å². The van der Waals surface area contributed by atoms with Gasteiger partial charge in [-0.15, -0.1) is 11.3 Å². The summed E-state index contributed by atoms with van der Waals surface area (Å²) in [5.41, 5.74) is 9.19. The molecule has 9 rings (SSSR count). The van der Waals surface area contributed by atoms with Crippen LogP contribution in [0.5, 0.6) is 0 Å². The summed E-state index contributed by atoms with van der Waals surface area (Å²) in [4.78, 5) is 0. The lowest BCUT2D eigenvalue weighted by atomic mass is 9.55. The van der Waals surface area contributed by atoms with Crippen molar-refractivity contribution in [1.82, 2.24) is 4.57 Å². The maximum Gasteiger partial charge on any atom is 0.0541 e. The van der Waals surface area contributed by atoms with Crippen LogP contribution in [0.4, 0.5) is 0 Å². The van der Waals surface area contributed by atoms with E-state index in [1.165, 1.54) is 80.7 Å². The SMILES string of the molecule is CC1(C)c2cc(-n3c4ccccc4c4ccccc43)ccc2-c2ccc3sc4ccc5ccccc5c4c3c2C1(C)C. The monoisotopic (exact) mass is 557 g/mol. The highest BCUT2D eigenvalue weighted by molar-refractivity contribution is 7.26. The van der Waals surface area contributed by atoms with Gasteiger partial charge in [-0.2, -0.15) is 0 Å². The molecular weight excluding hydrogens is 527 g/mol. The molecule has 1 aliphatic rings. The molecule has 202 valence electrons. The Morgan fingerprint density at radius 2 is 1.12 bits per heavy atom. The number of para-hydroxylation sites is 2. The highest BCUT2D eigenvalue weighted by Crippen LogP contribution is 2.58. The molecule has 42 heavy (non-hydrogen) atoms. The second-order valence-corrected chi connectivity index (χ2v) is 14.1. The van der Waals surface area contributed by atoms with Gasteiger partial charge >= 0.3 is 0 Å². The van der Waals surface area contributed by atoms with Gasteiger partial charge in [0.25, 0.3) is 0 Å². The van der Waals surface area contributed by atoms with Gasteiger partial charge in [0.05, 0.1) is 11.0 Å². The zero-order chi connectivity index (χ0) is 28.4. The van der Waals surface area contributed by atoms with Crippen molar-refractivity contribution in [3.05, 3.63) is 126 Å². The van der Waals surface area contributed by atoms with Crippen molar-refractivity contribution in [3.63, 3.8) is 0 Å². The molecule has 0 saturated carbocycles. The van der Waals surface area contributed by atoms with Gasteiger partial charge in [-0.05, 0) is 74.8 Å². The van der Waals surface area contributed by atoms with Crippen LogP contribution in [0, 0.1) is 0 Å². The lowest BCUT2D eigenvalue weighted by Crippen LogP contribution is -2.43. The highest BCUT2D eigenvalue weighted by atomic mass is 32.1. The molecule has 0 atom stereocenters. The predicted molar refractivity (Wildman–Crippen MR) is 183 cm³/mol. The standard InChI is InChI=1S/C40H31NS/c1-39(2)31-23-25(41-32-15-9-7-13-28(32)29-14-8-10-16-33(29)41)18-19-27(31)30-20-22-35-37(38(30)40(39,3)4)36-26-12-6-5-11-24(26)17-21-34(36)42-35/h5-23H,1-4H3. The summed E-state index contributed by atoms with van der Waals surface area (Å²) < 4.78 is 5.21. The fourth-order valence-corrected chi connectivity index (χ4v) is 8.91. The van der Waals surface area contributed by atoms with Crippen molar-refractivity contribution in [3.8, 4) is 16.8 Å². The number of benzene rings is 6. The van der Waals surface area contributed by atoms with Crippen LogP contribution in [-0.4, -0.2) is 4.57 Å². The summed E-state index contributed by atoms with van der Waals surface area (Å²) in [5.74, 6) is 0. The summed E-state index contributed by atoms with van der Waals surface area (Å²) in [6.07, 6.45) is 0. The fourth-order valence-electron chi connectivity index (χ4n) is 7.78.